The van der Waals surface area contributed by atoms with Crippen LogP contribution in [0.3, 0.4) is 0 Å². The Hall–Kier alpha value is -3.95. The highest BCUT2D eigenvalue weighted by Crippen LogP contribution is 2.33. The number of nitrogens with zero attached hydrogens (tertiary/aromatic N) is 1. The Kier molecular flexibility index (Phi) is 13.6. The highest BCUT2D eigenvalue weighted by Gasteiger charge is 2.30. The van der Waals surface area contributed by atoms with Crippen molar-refractivity contribution in [2.24, 2.45) is 0 Å². The van der Waals surface area contributed by atoms with Gasteiger partial charge in [-0.2, -0.15) is 13.2 Å². The van der Waals surface area contributed by atoms with Gasteiger partial charge in [0, 0.05) is 25.6 Å². The quantitative estimate of drug-likeness (QED) is 0.193. The highest BCUT2D eigenvalue weighted by atomic mass is 35.5. The molecule has 6 nitrogen and oxygen atoms in total. The van der Waals surface area contributed by atoms with Gasteiger partial charge in [0.2, 0.25) is 12.7 Å². The van der Waals surface area contributed by atoms with E-state index in [2.05, 4.69) is 5.32 Å². The number of hydrogen-bond donors (Lipinski definition) is 1. The van der Waals surface area contributed by atoms with E-state index < -0.39 is 11.7 Å². The lowest BCUT2D eigenvalue weighted by atomic mass is 10.1. The number of benzene rings is 3. The third kappa shape index (κ3) is 10.6. The van der Waals surface area contributed by atoms with Gasteiger partial charge in [-0.15, -0.1) is 12.4 Å². The number of amides is 1. The first-order valence-electron chi connectivity index (χ1n) is 14.4. The molecule has 0 aliphatic carbocycles. The maximum atomic E-state index is 12.6. The van der Waals surface area contributed by atoms with E-state index in [0.717, 1.165) is 73.7 Å². The number of ether oxygens (including phenoxy) is 3. The molecule has 1 fully saturated rings. The molecule has 3 aromatic carbocycles. The minimum atomic E-state index is -4.33. The number of carbonyl (C=O) groups is 1. The summed E-state index contributed by atoms with van der Waals surface area (Å²) in [6.07, 6.45) is 6.91. The second-order valence-corrected chi connectivity index (χ2v) is 10.1. The normalized spacial score (nSPS) is 15.0. The topological polar surface area (TPSA) is 60.0 Å². The number of rotatable bonds is 9. The fraction of sp³-hybridized carbons (Fsp3) is 0.324. The van der Waals surface area contributed by atoms with Gasteiger partial charge in [-0.25, -0.2) is 0 Å². The van der Waals surface area contributed by atoms with Gasteiger partial charge in [0.1, 0.15) is 11.9 Å². The number of nitrogens with one attached hydrogen (secondary N) is 1. The average Bonchev–Trinajstić information content (AvgIpc) is 3.50. The van der Waals surface area contributed by atoms with Crippen molar-refractivity contribution in [3.63, 3.8) is 0 Å². The Bertz CT molecular complexity index is 1360. The van der Waals surface area contributed by atoms with Crippen LogP contribution in [-0.2, 0) is 11.0 Å². The van der Waals surface area contributed by atoms with Crippen LogP contribution in [0.1, 0.15) is 48.5 Å². The Balaban J connectivity index is 0.000000235. The maximum absolute atomic E-state index is 12.6. The standard InChI is InChI=1S/C17H18F3NO.C17H19NO3.ClH/c1-21-12-11-16(13-5-3-2-4-6-13)22-15-9-7-14(8-10-15)17(18,19)20;19-17(18-10-4-1-5-11-18)7-3-2-6-14-8-9-15-16(12-14)21-13-20-15;/h2-10,16,21H,11-12H2,1H3;2-3,6-9,12H,1,4-5,10-11,13H2;1H. The van der Waals surface area contributed by atoms with Gasteiger partial charge < -0.3 is 24.4 Å². The average molecular weight is 631 g/mol. The summed E-state index contributed by atoms with van der Waals surface area (Å²) in [5.41, 5.74) is 1.35. The van der Waals surface area contributed by atoms with Crippen LogP contribution in [0.4, 0.5) is 13.2 Å². The monoisotopic (exact) mass is 630 g/mol. The Morgan fingerprint density at radius 1 is 0.955 bits per heavy atom. The molecule has 0 radical (unpaired) electrons. The summed E-state index contributed by atoms with van der Waals surface area (Å²) in [6.45, 7) is 2.80. The zero-order chi connectivity index (χ0) is 30.5. The number of piperidine rings is 1. The number of hydrogen-bond acceptors (Lipinski definition) is 5. The predicted octanol–water partition coefficient (Wildman–Crippen LogP) is 7.85. The first kappa shape index (κ1) is 34.5. The number of carbonyl (C=O) groups excluding carboxylic acids is 1. The van der Waals surface area contributed by atoms with Crippen molar-refractivity contribution in [3.05, 3.63) is 108 Å². The third-order valence-electron chi connectivity index (χ3n) is 6.99. The van der Waals surface area contributed by atoms with Gasteiger partial charge in [0.15, 0.2) is 11.5 Å². The van der Waals surface area contributed by atoms with Crippen molar-refractivity contribution >= 4 is 24.4 Å². The number of likely N-dealkylation sites (tertiary alicyclic amines) is 1. The van der Waals surface area contributed by atoms with E-state index in [0.29, 0.717) is 5.75 Å². The second kappa shape index (κ2) is 17.4. The van der Waals surface area contributed by atoms with Crippen LogP contribution >= 0.6 is 12.4 Å². The molecule has 0 aromatic heterocycles. The van der Waals surface area contributed by atoms with E-state index >= 15 is 0 Å². The molecule has 44 heavy (non-hydrogen) atoms. The number of alkyl halides is 3. The lowest BCUT2D eigenvalue weighted by molar-refractivity contribution is -0.137. The number of allylic oxidation sites excluding steroid dienone is 2. The predicted molar refractivity (Wildman–Crippen MR) is 168 cm³/mol. The van der Waals surface area contributed by atoms with Crippen molar-refractivity contribution in [1.82, 2.24) is 10.2 Å². The summed E-state index contributed by atoms with van der Waals surface area (Å²) in [7, 11) is 1.85. The van der Waals surface area contributed by atoms with Crippen molar-refractivity contribution in [2.75, 3.05) is 33.5 Å². The molecule has 2 heterocycles. The van der Waals surface area contributed by atoms with Crippen molar-refractivity contribution in [1.29, 1.82) is 0 Å². The van der Waals surface area contributed by atoms with Crippen LogP contribution in [0.15, 0.2) is 91.0 Å². The third-order valence-corrected chi connectivity index (χ3v) is 6.99. The second-order valence-electron chi connectivity index (χ2n) is 10.1. The molecule has 1 saturated heterocycles. The van der Waals surface area contributed by atoms with Gasteiger partial charge in [-0.05, 0) is 80.4 Å². The molecule has 1 unspecified atom stereocenters. The lowest BCUT2D eigenvalue weighted by Crippen LogP contribution is -2.34. The smallest absolute Gasteiger partial charge is 0.416 e. The summed E-state index contributed by atoms with van der Waals surface area (Å²) in [5, 5.41) is 3.05. The Morgan fingerprint density at radius 2 is 1.66 bits per heavy atom. The molecule has 236 valence electrons. The molecule has 1 N–H and O–H groups in total. The van der Waals surface area contributed by atoms with Crippen LogP contribution in [-0.4, -0.2) is 44.3 Å². The number of fused-ring (bicyclic) bond motifs is 1. The van der Waals surface area contributed by atoms with Crippen LogP contribution in [0.25, 0.3) is 6.08 Å². The molecule has 0 saturated carbocycles. The van der Waals surface area contributed by atoms with Gasteiger partial charge in [0.05, 0.1) is 5.56 Å². The summed E-state index contributed by atoms with van der Waals surface area (Å²) < 4.78 is 54.2. The molecule has 0 spiro atoms. The van der Waals surface area contributed by atoms with E-state index in [1.807, 2.05) is 72.6 Å². The Morgan fingerprint density at radius 3 is 2.34 bits per heavy atom. The molecule has 1 amide bonds. The number of halogens is 4. The summed E-state index contributed by atoms with van der Waals surface area (Å²) >= 11 is 0. The summed E-state index contributed by atoms with van der Waals surface area (Å²) in [4.78, 5) is 13.8. The fourth-order valence-corrected chi connectivity index (χ4v) is 4.66. The maximum Gasteiger partial charge on any atom is 0.416 e. The van der Waals surface area contributed by atoms with Gasteiger partial charge >= 0.3 is 6.18 Å². The molecule has 1 atom stereocenters. The molecule has 2 aliphatic rings. The first-order chi connectivity index (χ1) is 20.8. The first-order valence-corrected chi connectivity index (χ1v) is 14.4. The van der Waals surface area contributed by atoms with E-state index in [1.165, 1.54) is 18.6 Å². The molecule has 2 aliphatic heterocycles. The van der Waals surface area contributed by atoms with Crippen molar-refractivity contribution < 1.29 is 32.2 Å². The van der Waals surface area contributed by atoms with Crippen LogP contribution in [0.2, 0.25) is 0 Å². The minimum absolute atomic E-state index is 0. The molecular formula is C34H38ClF3N2O4. The van der Waals surface area contributed by atoms with Gasteiger partial charge in [-0.3, -0.25) is 4.79 Å². The van der Waals surface area contributed by atoms with Gasteiger partial charge in [0.25, 0.3) is 0 Å². The molecule has 3 aromatic rings. The largest absolute Gasteiger partial charge is 0.486 e. The van der Waals surface area contributed by atoms with Crippen LogP contribution in [0, 0.1) is 0 Å². The SMILES string of the molecule is CNCCC(Oc1ccc(C(F)(F)F)cc1)c1ccccc1.Cl.O=C(C=CC=Cc1ccc2c(c1)OCO2)N1CCCCC1. The summed E-state index contributed by atoms with van der Waals surface area (Å²) in [6, 6.07) is 20.2. The fourth-order valence-electron chi connectivity index (χ4n) is 4.66. The Labute approximate surface area is 262 Å². The van der Waals surface area contributed by atoms with Crippen LogP contribution < -0.4 is 19.5 Å². The molecule has 0 bridgehead atoms. The van der Waals surface area contributed by atoms with E-state index in [-0.39, 0.29) is 31.2 Å². The summed E-state index contributed by atoms with van der Waals surface area (Å²) in [5.74, 6) is 2.08. The zero-order valence-electron chi connectivity index (χ0n) is 24.6. The van der Waals surface area contributed by atoms with Crippen molar-refractivity contribution in [3.8, 4) is 17.2 Å². The highest BCUT2D eigenvalue weighted by molar-refractivity contribution is 5.88. The van der Waals surface area contributed by atoms with E-state index in [9.17, 15) is 18.0 Å². The molecule has 10 heteroatoms. The van der Waals surface area contributed by atoms with Crippen molar-refractivity contribution in [2.45, 2.75) is 38.0 Å². The minimum Gasteiger partial charge on any atom is -0.486 e. The van der Waals surface area contributed by atoms with Crippen LogP contribution in [0.5, 0.6) is 17.2 Å². The molecule has 5 rings (SSSR count). The van der Waals surface area contributed by atoms with E-state index in [1.54, 1.807) is 12.2 Å². The molecular weight excluding hydrogens is 593 g/mol. The lowest BCUT2D eigenvalue weighted by Gasteiger charge is -2.25. The van der Waals surface area contributed by atoms with Gasteiger partial charge in [-0.1, -0.05) is 54.6 Å². The van der Waals surface area contributed by atoms with E-state index in [4.69, 9.17) is 14.2 Å². The zero-order valence-corrected chi connectivity index (χ0v) is 25.4.